The van der Waals surface area contributed by atoms with Crippen molar-refractivity contribution in [3.8, 4) is 0 Å². The fourth-order valence-electron chi connectivity index (χ4n) is 1.22. The molecular weight excluding hydrogens is 134 g/mol. The molecule has 0 aromatic heterocycles. The van der Waals surface area contributed by atoms with Crippen molar-refractivity contribution in [2.45, 2.75) is 6.10 Å². The molecule has 0 unspecified atom stereocenters. The average molecular weight is 148 g/mol. The van der Waals surface area contributed by atoms with Gasteiger partial charge in [-0.3, -0.25) is 0 Å². The molecule has 3 N–H and O–H groups in total. The van der Waals surface area contributed by atoms with Crippen LogP contribution in [-0.4, -0.2) is 36.3 Å². The second-order valence-corrected chi connectivity index (χ2v) is 3.45. The standard InChI is InChI=1S/C6H13NOS/c1-9-4-5-2-7-3-6(5)8/h5-8H,2-4H2,1H3/p+1/t5-,6+/m1/s1. The highest BCUT2D eigenvalue weighted by atomic mass is 32.2. The van der Waals surface area contributed by atoms with Gasteiger partial charge in [0, 0.05) is 11.7 Å². The normalized spacial score (nSPS) is 35.3. The molecule has 2 nitrogen and oxygen atoms in total. The zero-order valence-corrected chi connectivity index (χ0v) is 6.53. The zero-order valence-electron chi connectivity index (χ0n) is 5.71. The average Bonchev–Trinajstić information content (AvgIpc) is 2.18. The van der Waals surface area contributed by atoms with Crippen LogP contribution in [0.4, 0.5) is 0 Å². The molecule has 1 saturated heterocycles. The maximum Gasteiger partial charge on any atom is 0.112 e. The quantitative estimate of drug-likeness (QED) is 0.522. The summed E-state index contributed by atoms with van der Waals surface area (Å²) in [6.07, 6.45) is 2.04. The van der Waals surface area contributed by atoms with Crippen LogP contribution in [0, 0.1) is 5.92 Å². The fourth-order valence-corrected chi connectivity index (χ4v) is 2.01. The van der Waals surface area contributed by atoms with Crippen LogP contribution in [0.3, 0.4) is 0 Å². The molecule has 0 spiro atoms. The Kier molecular flexibility index (Phi) is 2.82. The molecule has 1 aliphatic heterocycles. The second kappa shape index (κ2) is 3.44. The maximum atomic E-state index is 9.28. The maximum absolute atomic E-state index is 9.28. The Bertz CT molecular complexity index is 89.1. The highest BCUT2D eigenvalue weighted by Gasteiger charge is 2.27. The van der Waals surface area contributed by atoms with Crippen molar-refractivity contribution in [3.63, 3.8) is 0 Å². The molecule has 0 aliphatic carbocycles. The summed E-state index contributed by atoms with van der Waals surface area (Å²) in [6.45, 7) is 2.02. The predicted molar refractivity (Wildman–Crippen MR) is 39.5 cm³/mol. The molecular formula is C6H14NOS+. The molecule has 0 aromatic rings. The van der Waals surface area contributed by atoms with Crippen LogP contribution in [0.2, 0.25) is 0 Å². The fraction of sp³-hybridized carbons (Fsp3) is 1.00. The third-order valence-electron chi connectivity index (χ3n) is 1.80. The molecule has 0 aromatic carbocycles. The third kappa shape index (κ3) is 1.85. The van der Waals surface area contributed by atoms with Gasteiger partial charge in [0.1, 0.15) is 12.6 Å². The summed E-state index contributed by atoms with van der Waals surface area (Å²) in [5.41, 5.74) is 0. The Morgan fingerprint density at radius 2 is 2.44 bits per heavy atom. The lowest BCUT2D eigenvalue weighted by atomic mass is 10.1. The van der Waals surface area contributed by atoms with Gasteiger partial charge in [-0.25, -0.2) is 0 Å². The van der Waals surface area contributed by atoms with Crippen molar-refractivity contribution >= 4 is 11.8 Å². The minimum atomic E-state index is -0.0440. The van der Waals surface area contributed by atoms with Crippen LogP contribution in [0.15, 0.2) is 0 Å². The van der Waals surface area contributed by atoms with E-state index in [1.165, 1.54) is 0 Å². The van der Waals surface area contributed by atoms with Gasteiger partial charge in [0.25, 0.3) is 0 Å². The van der Waals surface area contributed by atoms with E-state index < -0.39 is 0 Å². The highest BCUT2D eigenvalue weighted by Crippen LogP contribution is 2.09. The first-order valence-electron chi connectivity index (χ1n) is 3.33. The second-order valence-electron chi connectivity index (χ2n) is 2.54. The minimum Gasteiger partial charge on any atom is -0.387 e. The first-order valence-corrected chi connectivity index (χ1v) is 4.72. The van der Waals surface area contributed by atoms with Gasteiger partial charge in [-0.15, -0.1) is 0 Å². The molecule has 1 aliphatic rings. The van der Waals surface area contributed by atoms with Gasteiger partial charge >= 0.3 is 0 Å². The van der Waals surface area contributed by atoms with Crippen LogP contribution in [-0.2, 0) is 0 Å². The van der Waals surface area contributed by atoms with E-state index in [1.807, 2.05) is 11.8 Å². The SMILES string of the molecule is CSC[C@H]1C[NH2+]C[C@@H]1O. The summed E-state index contributed by atoms with van der Waals surface area (Å²) in [5, 5.41) is 11.5. The number of thioether (sulfide) groups is 1. The summed E-state index contributed by atoms with van der Waals surface area (Å²) < 4.78 is 0. The Balaban J connectivity index is 2.22. The molecule has 0 amide bonds. The van der Waals surface area contributed by atoms with E-state index in [9.17, 15) is 5.11 Å². The van der Waals surface area contributed by atoms with E-state index >= 15 is 0 Å². The monoisotopic (exact) mass is 148 g/mol. The molecule has 1 rings (SSSR count). The number of quaternary nitrogens is 1. The molecule has 0 saturated carbocycles. The van der Waals surface area contributed by atoms with Crippen molar-refractivity contribution < 1.29 is 10.4 Å². The number of aliphatic hydroxyl groups is 1. The zero-order chi connectivity index (χ0) is 6.69. The van der Waals surface area contributed by atoms with Crippen molar-refractivity contribution in [1.29, 1.82) is 0 Å². The van der Waals surface area contributed by atoms with Gasteiger partial charge in [0.15, 0.2) is 0 Å². The van der Waals surface area contributed by atoms with E-state index in [4.69, 9.17) is 0 Å². The summed E-state index contributed by atoms with van der Waals surface area (Å²) in [7, 11) is 0. The van der Waals surface area contributed by atoms with Gasteiger partial charge in [-0.1, -0.05) is 0 Å². The summed E-state index contributed by atoms with van der Waals surface area (Å²) in [6, 6.07) is 0. The highest BCUT2D eigenvalue weighted by molar-refractivity contribution is 7.98. The molecule has 3 heteroatoms. The lowest BCUT2D eigenvalue weighted by Crippen LogP contribution is -2.82. The lowest BCUT2D eigenvalue weighted by molar-refractivity contribution is -0.640. The van der Waals surface area contributed by atoms with Gasteiger partial charge < -0.3 is 10.4 Å². The number of rotatable bonds is 2. The van der Waals surface area contributed by atoms with Gasteiger partial charge in [0.05, 0.1) is 6.54 Å². The first-order chi connectivity index (χ1) is 4.34. The van der Waals surface area contributed by atoms with Crippen molar-refractivity contribution in [2.75, 3.05) is 25.1 Å². The van der Waals surface area contributed by atoms with E-state index in [-0.39, 0.29) is 6.10 Å². The van der Waals surface area contributed by atoms with E-state index in [0.29, 0.717) is 5.92 Å². The number of hydrogen-bond acceptors (Lipinski definition) is 2. The molecule has 1 fully saturated rings. The minimum absolute atomic E-state index is 0.0440. The molecule has 1 heterocycles. The van der Waals surface area contributed by atoms with Gasteiger partial charge in [-0.05, 0) is 6.26 Å². The Morgan fingerprint density at radius 3 is 2.89 bits per heavy atom. The number of hydrogen-bond donors (Lipinski definition) is 2. The molecule has 9 heavy (non-hydrogen) atoms. The number of nitrogens with two attached hydrogens (primary N) is 1. The van der Waals surface area contributed by atoms with Crippen molar-refractivity contribution in [2.24, 2.45) is 5.92 Å². The predicted octanol–water partition coefficient (Wildman–Crippen LogP) is -1.10. The van der Waals surface area contributed by atoms with Crippen LogP contribution >= 0.6 is 11.8 Å². The van der Waals surface area contributed by atoms with Gasteiger partial charge in [0.2, 0.25) is 0 Å². The van der Waals surface area contributed by atoms with Crippen molar-refractivity contribution in [3.05, 3.63) is 0 Å². The van der Waals surface area contributed by atoms with Crippen molar-refractivity contribution in [1.82, 2.24) is 0 Å². The summed E-state index contributed by atoms with van der Waals surface area (Å²) in [5.74, 6) is 1.65. The smallest absolute Gasteiger partial charge is 0.112 e. The number of aliphatic hydroxyl groups excluding tert-OH is 1. The van der Waals surface area contributed by atoms with E-state index in [2.05, 4.69) is 11.6 Å². The molecule has 0 bridgehead atoms. The lowest BCUT2D eigenvalue weighted by Gasteiger charge is -2.06. The topological polar surface area (TPSA) is 36.8 Å². The Labute approximate surface area is 60.0 Å². The molecule has 0 radical (unpaired) electrons. The summed E-state index contributed by atoms with van der Waals surface area (Å²) >= 11 is 1.82. The van der Waals surface area contributed by atoms with Crippen LogP contribution < -0.4 is 5.32 Å². The largest absolute Gasteiger partial charge is 0.387 e. The Hall–Kier alpha value is 0.270. The van der Waals surface area contributed by atoms with Crippen LogP contribution in [0.25, 0.3) is 0 Å². The van der Waals surface area contributed by atoms with Crippen LogP contribution in [0.1, 0.15) is 0 Å². The summed E-state index contributed by atoms with van der Waals surface area (Å²) in [4.78, 5) is 0. The van der Waals surface area contributed by atoms with E-state index in [0.717, 1.165) is 18.8 Å². The molecule has 2 atom stereocenters. The molecule has 54 valence electrons. The van der Waals surface area contributed by atoms with Crippen LogP contribution in [0.5, 0.6) is 0 Å². The third-order valence-corrected chi connectivity index (χ3v) is 2.56. The Morgan fingerprint density at radius 1 is 1.67 bits per heavy atom. The van der Waals surface area contributed by atoms with E-state index in [1.54, 1.807) is 0 Å². The first kappa shape index (κ1) is 7.38. The van der Waals surface area contributed by atoms with Gasteiger partial charge in [-0.2, -0.15) is 11.8 Å².